The molecule has 0 spiro atoms. The minimum atomic E-state index is -0.767. The highest BCUT2D eigenvalue weighted by atomic mass is 16.4. The predicted octanol–water partition coefficient (Wildman–Crippen LogP) is 4.39. The monoisotopic (exact) mass is 277 g/mol. The summed E-state index contributed by atoms with van der Waals surface area (Å²) in [5.41, 5.74) is 3.41. The number of nitrogens with one attached hydrogen (secondary N) is 1. The maximum absolute atomic E-state index is 10.8. The van der Waals surface area contributed by atoms with Crippen molar-refractivity contribution in [2.75, 3.05) is 5.32 Å². The Labute approximate surface area is 122 Å². The van der Waals surface area contributed by atoms with Gasteiger partial charge in [-0.2, -0.15) is 0 Å². The summed E-state index contributed by atoms with van der Waals surface area (Å²) in [6, 6.07) is 5.64. The average Bonchev–Trinajstić information content (AvgIpc) is 2.45. The number of anilines is 1. The number of fused-ring (bicyclic) bond motifs is 1. The average molecular weight is 277 g/mol. The molecule has 0 amide bonds. The number of carboxylic acids is 1. The van der Waals surface area contributed by atoms with Crippen LogP contribution in [0.2, 0.25) is 0 Å². The van der Waals surface area contributed by atoms with Gasteiger partial charge in [0.15, 0.2) is 0 Å². The molecular formula is C17H27NO2. The summed E-state index contributed by atoms with van der Waals surface area (Å²) in [5.74, 6) is -0.767. The van der Waals surface area contributed by atoms with Crippen molar-refractivity contribution < 1.29 is 9.90 Å². The number of aliphatic carboxylic acids is 1. The Morgan fingerprint density at radius 1 is 1.30 bits per heavy atom. The third kappa shape index (κ3) is 5.24. The number of carboxylic acid groups (broad SMARTS) is 1. The number of rotatable bonds is 4. The van der Waals surface area contributed by atoms with Crippen LogP contribution in [-0.4, -0.2) is 17.1 Å². The molecule has 0 bridgehead atoms. The van der Waals surface area contributed by atoms with Gasteiger partial charge >= 0.3 is 5.97 Å². The van der Waals surface area contributed by atoms with Crippen molar-refractivity contribution in [3.8, 4) is 0 Å². The molecule has 1 atom stereocenters. The van der Waals surface area contributed by atoms with Crippen molar-refractivity contribution in [2.45, 2.75) is 65.3 Å². The largest absolute Gasteiger partial charge is 0.480 e. The number of hydrogen-bond acceptors (Lipinski definition) is 2. The van der Waals surface area contributed by atoms with Crippen molar-refractivity contribution in [3.05, 3.63) is 29.3 Å². The molecule has 1 heterocycles. The second-order valence-corrected chi connectivity index (χ2v) is 5.44. The quantitative estimate of drug-likeness (QED) is 0.802. The number of hydrogen-bond donors (Lipinski definition) is 2. The van der Waals surface area contributed by atoms with Crippen LogP contribution in [0.25, 0.3) is 0 Å². The molecule has 0 aromatic heterocycles. The molecule has 20 heavy (non-hydrogen) atoms. The van der Waals surface area contributed by atoms with E-state index in [2.05, 4.69) is 25.2 Å². The summed E-state index contributed by atoms with van der Waals surface area (Å²) >= 11 is 0. The number of aryl methyl sites for hydroxylation is 2. The Morgan fingerprint density at radius 2 is 1.95 bits per heavy atom. The van der Waals surface area contributed by atoms with Gasteiger partial charge in [-0.15, -0.1) is 0 Å². The third-order valence-electron chi connectivity index (χ3n) is 3.55. The Hall–Kier alpha value is -1.51. The molecule has 1 aromatic carbocycles. The molecule has 0 saturated heterocycles. The summed E-state index contributed by atoms with van der Waals surface area (Å²) in [5, 5.41) is 11.9. The van der Waals surface area contributed by atoms with Gasteiger partial charge in [0.05, 0.1) is 0 Å². The fraction of sp³-hybridized carbons (Fsp3) is 0.588. The smallest absolute Gasteiger partial charge is 0.326 e. The number of carbonyl (C=O) groups is 1. The predicted molar refractivity (Wildman–Crippen MR) is 84.4 cm³/mol. The second-order valence-electron chi connectivity index (χ2n) is 5.44. The van der Waals surface area contributed by atoms with Crippen molar-refractivity contribution in [1.82, 2.24) is 0 Å². The molecule has 0 radical (unpaired) electrons. The van der Waals surface area contributed by atoms with Crippen molar-refractivity contribution in [1.29, 1.82) is 0 Å². The molecular weight excluding hydrogens is 250 g/mol. The molecule has 3 heteroatoms. The van der Waals surface area contributed by atoms with Gasteiger partial charge in [-0.1, -0.05) is 57.2 Å². The normalized spacial score (nSPS) is 16.4. The van der Waals surface area contributed by atoms with Crippen LogP contribution in [0, 0.1) is 6.92 Å². The van der Waals surface area contributed by atoms with Gasteiger partial charge in [0.1, 0.15) is 6.04 Å². The van der Waals surface area contributed by atoms with E-state index in [-0.39, 0.29) is 0 Å². The van der Waals surface area contributed by atoms with E-state index in [1.165, 1.54) is 36.8 Å². The maximum Gasteiger partial charge on any atom is 0.326 e. The Morgan fingerprint density at radius 3 is 2.50 bits per heavy atom. The van der Waals surface area contributed by atoms with E-state index in [0.29, 0.717) is 6.42 Å². The third-order valence-corrected chi connectivity index (χ3v) is 3.55. The van der Waals surface area contributed by atoms with E-state index < -0.39 is 12.0 Å². The Kier molecular flexibility index (Phi) is 7.13. The van der Waals surface area contributed by atoms with E-state index >= 15 is 0 Å². The molecule has 2 rings (SSSR count). The molecule has 1 unspecified atom stereocenters. The standard InChI is InChI=1S/C11H13NO2.C6H14/c1-7-2-4-9-8(6-7)3-5-10(12-9)11(13)14;1-3-5-6-4-2/h2,4,6,10,12H,3,5H2,1H3,(H,13,14);3-6H2,1-2H3. The highest BCUT2D eigenvalue weighted by molar-refractivity contribution is 5.78. The van der Waals surface area contributed by atoms with E-state index in [9.17, 15) is 4.79 Å². The zero-order valence-corrected chi connectivity index (χ0v) is 12.9. The van der Waals surface area contributed by atoms with Gasteiger partial charge in [0.2, 0.25) is 0 Å². The lowest BCUT2D eigenvalue weighted by Gasteiger charge is -2.24. The van der Waals surface area contributed by atoms with Gasteiger partial charge < -0.3 is 10.4 Å². The van der Waals surface area contributed by atoms with Crippen LogP contribution in [0.4, 0.5) is 5.69 Å². The molecule has 112 valence electrons. The summed E-state index contributed by atoms with van der Waals surface area (Å²) in [7, 11) is 0. The molecule has 0 aliphatic carbocycles. The van der Waals surface area contributed by atoms with Crippen LogP contribution in [0.3, 0.4) is 0 Å². The molecule has 3 nitrogen and oxygen atoms in total. The molecule has 0 fully saturated rings. The van der Waals surface area contributed by atoms with Gasteiger partial charge in [-0.3, -0.25) is 0 Å². The Bertz CT molecular complexity index is 425. The van der Waals surface area contributed by atoms with Crippen molar-refractivity contribution in [2.24, 2.45) is 0 Å². The first-order valence-corrected chi connectivity index (χ1v) is 7.67. The molecule has 1 aliphatic heterocycles. The highest BCUT2D eigenvalue weighted by Crippen LogP contribution is 2.25. The topological polar surface area (TPSA) is 49.3 Å². The van der Waals surface area contributed by atoms with Crippen LogP contribution < -0.4 is 5.32 Å². The summed E-state index contributed by atoms with van der Waals surface area (Å²) < 4.78 is 0. The fourth-order valence-corrected chi connectivity index (χ4v) is 2.32. The van der Waals surface area contributed by atoms with Gasteiger partial charge in [0, 0.05) is 5.69 Å². The first kappa shape index (κ1) is 16.5. The van der Waals surface area contributed by atoms with E-state index in [0.717, 1.165) is 12.1 Å². The molecule has 0 saturated carbocycles. The zero-order valence-electron chi connectivity index (χ0n) is 12.9. The summed E-state index contributed by atoms with van der Waals surface area (Å²) in [4.78, 5) is 10.8. The van der Waals surface area contributed by atoms with Crippen LogP contribution in [0.1, 0.15) is 57.1 Å². The number of benzene rings is 1. The molecule has 1 aliphatic rings. The minimum Gasteiger partial charge on any atom is -0.480 e. The van der Waals surface area contributed by atoms with E-state index in [1.54, 1.807) is 0 Å². The SMILES string of the molecule is CCCCCC.Cc1ccc2c(c1)CCC(C(=O)O)N2. The first-order valence-electron chi connectivity index (χ1n) is 7.67. The highest BCUT2D eigenvalue weighted by Gasteiger charge is 2.22. The van der Waals surface area contributed by atoms with E-state index in [1.807, 2.05) is 19.1 Å². The molecule has 2 N–H and O–H groups in total. The fourth-order valence-electron chi connectivity index (χ4n) is 2.32. The van der Waals surface area contributed by atoms with Crippen molar-refractivity contribution in [3.63, 3.8) is 0 Å². The van der Waals surface area contributed by atoms with Crippen molar-refractivity contribution >= 4 is 11.7 Å². The lowest BCUT2D eigenvalue weighted by molar-refractivity contribution is -0.138. The zero-order chi connectivity index (χ0) is 15.0. The van der Waals surface area contributed by atoms with Gasteiger partial charge in [0.25, 0.3) is 0 Å². The van der Waals surface area contributed by atoms with Gasteiger partial charge in [-0.25, -0.2) is 4.79 Å². The number of unbranched alkanes of at least 4 members (excludes halogenated alkanes) is 3. The second kappa shape index (κ2) is 8.62. The maximum atomic E-state index is 10.8. The lowest BCUT2D eigenvalue weighted by atomic mass is 9.97. The van der Waals surface area contributed by atoms with Crippen LogP contribution in [-0.2, 0) is 11.2 Å². The molecule has 1 aromatic rings. The Balaban J connectivity index is 0.000000286. The summed E-state index contributed by atoms with van der Waals surface area (Å²) in [6.45, 7) is 6.51. The van der Waals surface area contributed by atoms with Crippen LogP contribution >= 0.6 is 0 Å². The minimum absolute atomic E-state index is 0.426. The van der Waals surface area contributed by atoms with Gasteiger partial charge in [-0.05, 0) is 31.4 Å². The van der Waals surface area contributed by atoms with Crippen LogP contribution in [0.15, 0.2) is 18.2 Å². The van der Waals surface area contributed by atoms with Crippen LogP contribution in [0.5, 0.6) is 0 Å². The first-order chi connectivity index (χ1) is 9.58. The lowest BCUT2D eigenvalue weighted by Crippen LogP contribution is -2.33. The summed E-state index contributed by atoms with van der Waals surface area (Å²) in [6.07, 6.45) is 7.06. The van der Waals surface area contributed by atoms with E-state index in [4.69, 9.17) is 5.11 Å².